The van der Waals surface area contributed by atoms with Gasteiger partial charge in [-0.3, -0.25) is 0 Å². The Balaban J connectivity index is -0.0000000161. The quantitative estimate of drug-likeness (QED) is 0.319. The maximum Gasteiger partial charge on any atom is 3.00 e. The summed E-state index contributed by atoms with van der Waals surface area (Å²) < 4.78 is 0. The molecule has 0 fully saturated rings. The fourth-order valence-electron chi connectivity index (χ4n) is 0. The van der Waals surface area contributed by atoms with Gasteiger partial charge in [-0.2, -0.15) is 0 Å². The van der Waals surface area contributed by atoms with Crippen molar-refractivity contribution < 1.29 is 75.0 Å². The van der Waals surface area contributed by atoms with Crippen molar-refractivity contribution in [1.82, 2.24) is 0 Å². The number of hydrogen-bond donors (Lipinski definition) is 0. The molecular formula is C5Al2Ca2O15. The number of carboxylic acid groups (broad SMARTS) is 10. The normalized spacial score (nSPS) is 5.00. The molecule has 0 aromatic carbocycles. The van der Waals surface area contributed by atoms with Crippen LogP contribution in [0.2, 0.25) is 0 Å². The molecule has 24 heavy (non-hydrogen) atoms. The second-order valence-electron chi connectivity index (χ2n) is 1.25. The van der Waals surface area contributed by atoms with Gasteiger partial charge in [0, 0.05) is 0 Å². The molecule has 0 aromatic heterocycles. The Morgan fingerprint density at radius 1 is 0.333 bits per heavy atom. The standard InChI is InChI=1S/5CH2O3.2Al.2Ca/c5*2-1(3)4;;;;/h5*(H2,2,3,4);;;;/q;;;;;2*+3;2*+2/p-10. The third-order valence-electron chi connectivity index (χ3n) is 0. The Bertz CT molecular complexity index is 221. The zero-order valence-electron chi connectivity index (χ0n) is 11.2. The first-order valence-corrected chi connectivity index (χ1v) is 3.06. The van der Waals surface area contributed by atoms with E-state index < -0.39 is 30.8 Å². The first-order valence-electron chi connectivity index (χ1n) is 3.06. The molecule has 0 saturated heterocycles. The molecule has 0 saturated carbocycles. The van der Waals surface area contributed by atoms with Crippen LogP contribution in [0.3, 0.4) is 0 Å². The number of carbonyl (C=O) groups is 5. The monoisotopic (exact) mass is 434 g/mol. The van der Waals surface area contributed by atoms with Gasteiger partial charge in [-0.15, -0.1) is 0 Å². The second-order valence-corrected chi connectivity index (χ2v) is 1.25. The van der Waals surface area contributed by atoms with Crippen molar-refractivity contribution in [2.24, 2.45) is 0 Å². The van der Waals surface area contributed by atoms with Gasteiger partial charge in [-0.25, -0.2) is 0 Å². The molecule has 0 amide bonds. The average Bonchev–Trinajstić information content (AvgIpc) is 1.94. The zero-order valence-corrected chi connectivity index (χ0v) is 17.9. The third-order valence-corrected chi connectivity index (χ3v) is 0. The minimum Gasteiger partial charge on any atom is -0.652 e. The van der Waals surface area contributed by atoms with Crippen molar-refractivity contribution in [2.75, 3.05) is 0 Å². The molecule has 120 valence electrons. The maximum absolute atomic E-state index is 8.33. The molecule has 0 rings (SSSR count). The largest absolute Gasteiger partial charge is 3.00 e. The summed E-state index contributed by atoms with van der Waals surface area (Å²) in [5.41, 5.74) is 0. The Hall–Kier alpha value is -0.0656. The summed E-state index contributed by atoms with van der Waals surface area (Å²) in [6, 6.07) is 0. The zero-order chi connectivity index (χ0) is 17.9. The van der Waals surface area contributed by atoms with Crippen LogP contribution in [0.25, 0.3) is 0 Å². The minimum atomic E-state index is -2.33. The molecule has 0 aromatic rings. The Morgan fingerprint density at radius 2 is 0.333 bits per heavy atom. The molecule has 0 atom stereocenters. The molecule has 0 unspecified atom stereocenters. The van der Waals surface area contributed by atoms with Gasteiger partial charge in [0.2, 0.25) is 0 Å². The number of carbonyl (C=O) groups excluding carboxylic acids is 5. The average molecular weight is 434 g/mol. The van der Waals surface area contributed by atoms with Crippen LogP contribution in [0.15, 0.2) is 0 Å². The molecule has 0 heterocycles. The predicted octanol–water partition coefficient (Wildman–Crippen LogP) is -13.8. The first kappa shape index (κ1) is 56.4. The summed E-state index contributed by atoms with van der Waals surface area (Å²) >= 11 is 0. The van der Waals surface area contributed by atoms with E-state index in [1.807, 2.05) is 0 Å². The minimum absolute atomic E-state index is 0. The van der Waals surface area contributed by atoms with Crippen LogP contribution in [0.1, 0.15) is 0 Å². The van der Waals surface area contributed by atoms with Crippen molar-refractivity contribution in [2.45, 2.75) is 0 Å². The summed E-state index contributed by atoms with van der Waals surface area (Å²) in [5.74, 6) is 0. The first-order chi connectivity index (χ1) is 8.66. The Labute approximate surface area is 213 Å². The summed E-state index contributed by atoms with van der Waals surface area (Å²) in [6.45, 7) is 0. The van der Waals surface area contributed by atoms with Gasteiger partial charge in [-0.1, -0.05) is 0 Å². The van der Waals surface area contributed by atoms with E-state index in [0.717, 1.165) is 0 Å². The van der Waals surface area contributed by atoms with E-state index in [9.17, 15) is 0 Å². The van der Waals surface area contributed by atoms with Crippen LogP contribution in [0.4, 0.5) is 24.0 Å². The Kier molecular flexibility index (Phi) is 116. The van der Waals surface area contributed by atoms with Gasteiger partial charge in [0.25, 0.3) is 0 Å². The van der Waals surface area contributed by atoms with Crippen molar-refractivity contribution in [3.8, 4) is 0 Å². The fraction of sp³-hybridized carbons (Fsp3) is 0. The summed E-state index contributed by atoms with van der Waals surface area (Å²) in [6.07, 6.45) is -11.7. The van der Waals surface area contributed by atoms with Crippen molar-refractivity contribution in [3.05, 3.63) is 0 Å². The number of hydrogen-bond acceptors (Lipinski definition) is 15. The predicted molar refractivity (Wildman–Crippen MR) is 50.0 cm³/mol. The van der Waals surface area contributed by atoms with Crippen LogP contribution in [0.5, 0.6) is 0 Å². The van der Waals surface area contributed by atoms with Crippen molar-refractivity contribution in [3.63, 3.8) is 0 Å². The van der Waals surface area contributed by atoms with Gasteiger partial charge < -0.3 is 75.0 Å². The van der Waals surface area contributed by atoms with Gasteiger partial charge in [-0.05, 0) is 30.8 Å². The third kappa shape index (κ3) is 2230000. The van der Waals surface area contributed by atoms with E-state index in [0.29, 0.717) is 0 Å². The van der Waals surface area contributed by atoms with E-state index in [4.69, 9.17) is 75.0 Å². The molecule has 0 spiro atoms. The molecule has 0 aliphatic heterocycles. The van der Waals surface area contributed by atoms with Crippen LogP contribution >= 0.6 is 0 Å². The molecular weight excluding hydrogens is 434 g/mol. The SMILES string of the molecule is O=C([O-])[O-].O=C([O-])[O-].O=C([O-])[O-].O=C([O-])[O-].O=C([O-])[O-].[Al+3].[Al+3].[Ca+2].[Ca+2]. The van der Waals surface area contributed by atoms with E-state index in [2.05, 4.69) is 0 Å². The number of rotatable bonds is 0. The molecule has 0 aliphatic rings. The van der Waals surface area contributed by atoms with Gasteiger partial charge in [0.15, 0.2) is 0 Å². The Morgan fingerprint density at radius 3 is 0.333 bits per heavy atom. The summed E-state index contributed by atoms with van der Waals surface area (Å²) in [7, 11) is 0. The molecule has 0 radical (unpaired) electrons. The van der Waals surface area contributed by atoms with Crippen LogP contribution < -0.4 is 51.1 Å². The van der Waals surface area contributed by atoms with Crippen molar-refractivity contribution >= 4 is 141 Å². The summed E-state index contributed by atoms with van der Waals surface area (Å²) in [4.78, 5) is 41.7. The van der Waals surface area contributed by atoms with Crippen LogP contribution in [-0.2, 0) is 0 Å². The second kappa shape index (κ2) is 49.5. The van der Waals surface area contributed by atoms with Gasteiger partial charge in [0.05, 0.1) is 0 Å². The van der Waals surface area contributed by atoms with Crippen LogP contribution in [-0.4, -0.2) is 141 Å². The molecule has 0 N–H and O–H groups in total. The molecule has 19 heteroatoms. The van der Waals surface area contributed by atoms with Gasteiger partial charge >= 0.3 is 110 Å². The molecule has 0 bridgehead atoms. The van der Waals surface area contributed by atoms with E-state index >= 15 is 0 Å². The summed E-state index contributed by atoms with van der Waals surface area (Å²) in [5, 5.41) is 83.3. The smallest absolute Gasteiger partial charge is 0.652 e. The topological polar surface area (TPSA) is 316 Å². The van der Waals surface area contributed by atoms with Crippen molar-refractivity contribution in [1.29, 1.82) is 0 Å². The molecule has 15 nitrogen and oxygen atoms in total. The fourth-order valence-corrected chi connectivity index (χ4v) is 0. The van der Waals surface area contributed by atoms with E-state index in [-0.39, 0.29) is 110 Å². The van der Waals surface area contributed by atoms with Crippen LogP contribution in [0, 0.1) is 0 Å². The van der Waals surface area contributed by atoms with E-state index in [1.54, 1.807) is 0 Å². The van der Waals surface area contributed by atoms with E-state index in [1.165, 1.54) is 0 Å². The van der Waals surface area contributed by atoms with Gasteiger partial charge in [0.1, 0.15) is 0 Å². The molecule has 0 aliphatic carbocycles. The maximum atomic E-state index is 8.33.